The second-order valence-corrected chi connectivity index (χ2v) is 5.69. The minimum absolute atomic E-state index is 0.149. The molecule has 0 aliphatic rings. The third kappa shape index (κ3) is 2.34. The third-order valence-electron chi connectivity index (χ3n) is 2.04. The first-order chi connectivity index (χ1) is 7.26. The maximum absolute atomic E-state index is 11.7. The van der Waals surface area contributed by atoms with Gasteiger partial charge < -0.3 is 10.8 Å². The minimum atomic E-state index is -4.06. The number of hydrogen-bond donors (Lipinski definition) is 2. The van der Waals surface area contributed by atoms with Crippen LogP contribution in [-0.2, 0) is 14.6 Å². The predicted molar refractivity (Wildman–Crippen MR) is 59.0 cm³/mol. The van der Waals surface area contributed by atoms with Gasteiger partial charge in [0.15, 0.2) is 0 Å². The monoisotopic (exact) mass is 263 g/mol. The van der Waals surface area contributed by atoms with Crippen molar-refractivity contribution in [1.82, 2.24) is 0 Å². The highest BCUT2D eigenvalue weighted by molar-refractivity contribution is 7.92. The van der Waals surface area contributed by atoms with E-state index in [1.54, 1.807) is 6.92 Å². The Bertz CT molecular complexity index is 526. The van der Waals surface area contributed by atoms with Crippen molar-refractivity contribution in [2.45, 2.75) is 17.2 Å². The van der Waals surface area contributed by atoms with Gasteiger partial charge in [0.05, 0.1) is 4.90 Å². The highest BCUT2D eigenvalue weighted by Gasteiger charge is 2.30. The fourth-order valence-electron chi connectivity index (χ4n) is 1.07. The standard InChI is InChI=1S/C9H10ClNO4S/c1-5-4-6(2-3-7(5)10)16(14,15)8(11)9(12)13/h2-4,8H,11H2,1H3,(H,12,13). The van der Waals surface area contributed by atoms with Crippen LogP contribution in [-0.4, -0.2) is 24.9 Å². The zero-order chi connectivity index (χ0) is 12.5. The van der Waals surface area contributed by atoms with Crippen molar-refractivity contribution < 1.29 is 18.3 Å². The molecule has 1 aromatic rings. The van der Waals surface area contributed by atoms with E-state index in [1.807, 2.05) is 0 Å². The number of sulfone groups is 1. The molecule has 1 unspecified atom stereocenters. The molecule has 1 atom stereocenters. The number of rotatable bonds is 3. The molecule has 0 aromatic heterocycles. The van der Waals surface area contributed by atoms with Crippen molar-refractivity contribution in [1.29, 1.82) is 0 Å². The maximum Gasteiger partial charge on any atom is 0.336 e. The molecule has 3 N–H and O–H groups in total. The molecule has 5 nitrogen and oxygen atoms in total. The molecule has 0 saturated heterocycles. The summed E-state index contributed by atoms with van der Waals surface area (Å²) in [6.45, 7) is 1.62. The number of carboxylic acids is 1. The Morgan fingerprint density at radius 3 is 2.50 bits per heavy atom. The van der Waals surface area contributed by atoms with Gasteiger partial charge in [-0.25, -0.2) is 13.2 Å². The summed E-state index contributed by atoms with van der Waals surface area (Å²) < 4.78 is 23.4. The number of carbonyl (C=O) groups is 1. The van der Waals surface area contributed by atoms with Gasteiger partial charge in [-0.3, -0.25) is 0 Å². The van der Waals surface area contributed by atoms with Crippen LogP contribution in [0.4, 0.5) is 0 Å². The van der Waals surface area contributed by atoms with Crippen molar-refractivity contribution in [3.8, 4) is 0 Å². The zero-order valence-corrected chi connectivity index (χ0v) is 9.92. The largest absolute Gasteiger partial charge is 0.479 e. The van der Waals surface area contributed by atoms with E-state index in [2.05, 4.69) is 0 Å². The lowest BCUT2D eigenvalue weighted by Crippen LogP contribution is -2.38. The first-order valence-corrected chi connectivity index (χ1v) is 6.17. The van der Waals surface area contributed by atoms with E-state index < -0.39 is 21.2 Å². The topological polar surface area (TPSA) is 97.5 Å². The van der Waals surface area contributed by atoms with Gasteiger partial charge in [0.1, 0.15) is 0 Å². The van der Waals surface area contributed by atoms with Crippen LogP contribution < -0.4 is 5.73 Å². The van der Waals surface area contributed by atoms with E-state index in [9.17, 15) is 13.2 Å². The summed E-state index contributed by atoms with van der Waals surface area (Å²) >= 11 is 5.73. The summed E-state index contributed by atoms with van der Waals surface area (Å²) in [5, 5.41) is 7.01. The maximum atomic E-state index is 11.7. The highest BCUT2D eigenvalue weighted by atomic mass is 35.5. The summed E-state index contributed by atoms with van der Waals surface area (Å²) in [5.74, 6) is -1.59. The van der Waals surface area contributed by atoms with Gasteiger partial charge in [0.25, 0.3) is 0 Å². The predicted octanol–water partition coefficient (Wildman–Crippen LogP) is 0.792. The Kier molecular flexibility index (Phi) is 3.57. The van der Waals surface area contributed by atoms with Crippen molar-refractivity contribution in [3.05, 3.63) is 28.8 Å². The lowest BCUT2D eigenvalue weighted by Gasteiger charge is -2.09. The SMILES string of the molecule is Cc1cc(S(=O)(=O)C(N)C(=O)O)ccc1Cl. The molecule has 1 aromatic carbocycles. The molecule has 0 amide bonds. The summed E-state index contributed by atoms with van der Waals surface area (Å²) in [6.07, 6.45) is 0. The Morgan fingerprint density at radius 1 is 1.50 bits per heavy atom. The minimum Gasteiger partial charge on any atom is -0.479 e. The fraction of sp³-hybridized carbons (Fsp3) is 0.222. The molecular formula is C9H10ClNO4S. The Hall–Kier alpha value is -1.11. The van der Waals surface area contributed by atoms with Crippen LogP contribution in [0.1, 0.15) is 5.56 Å². The normalized spacial score (nSPS) is 13.4. The third-order valence-corrected chi connectivity index (χ3v) is 4.24. The van der Waals surface area contributed by atoms with Crippen LogP contribution in [0.25, 0.3) is 0 Å². The summed E-state index contributed by atoms with van der Waals surface area (Å²) in [4.78, 5) is 10.4. The molecule has 0 fully saturated rings. The highest BCUT2D eigenvalue weighted by Crippen LogP contribution is 2.21. The Balaban J connectivity index is 3.28. The van der Waals surface area contributed by atoms with Crippen LogP contribution in [0.5, 0.6) is 0 Å². The van der Waals surface area contributed by atoms with Crippen molar-refractivity contribution in [2.24, 2.45) is 5.73 Å². The molecule has 1 rings (SSSR count). The number of halogens is 1. The molecule has 16 heavy (non-hydrogen) atoms. The molecule has 0 bridgehead atoms. The van der Waals surface area contributed by atoms with Gasteiger partial charge in [0, 0.05) is 5.02 Å². The number of benzene rings is 1. The first kappa shape index (κ1) is 13.0. The Morgan fingerprint density at radius 2 is 2.06 bits per heavy atom. The summed E-state index contributed by atoms with van der Waals surface area (Å²) in [5.41, 5.74) is 5.64. The molecule has 0 saturated carbocycles. The second-order valence-electron chi connectivity index (χ2n) is 3.21. The van der Waals surface area contributed by atoms with Crippen LogP contribution in [0.15, 0.2) is 23.1 Å². The van der Waals surface area contributed by atoms with E-state index in [4.69, 9.17) is 22.4 Å². The molecule has 88 valence electrons. The molecule has 0 aliphatic heterocycles. The van der Waals surface area contributed by atoms with Crippen molar-refractivity contribution in [3.63, 3.8) is 0 Å². The molecule has 7 heteroatoms. The smallest absolute Gasteiger partial charge is 0.336 e. The average molecular weight is 264 g/mol. The van der Waals surface area contributed by atoms with E-state index in [0.717, 1.165) is 0 Å². The van der Waals surface area contributed by atoms with Crippen molar-refractivity contribution >= 4 is 27.4 Å². The van der Waals surface area contributed by atoms with E-state index in [0.29, 0.717) is 10.6 Å². The summed E-state index contributed by atoms with van der Waals surface area (Å²) in [7, 11) is -4.06. The van der Waals surface area contributed by atoms with Gasteiger partial charge in [-0.1, -0.05) is 11.6 Å². The van der Waals surface area contributed by atoms with E-state index >= 15 is 0 Å². The lowest BCUT2D eigenvalue weighted by molar-refractivity contribution is -0.136. The Labute approximate surface area is 97.8 Å². The van der Waals surface area contributed by atoms with Gasteiger partial charge in [-0.15, -0.1) is 0 Å². The molecule has 0 aliphatic carbocycles. The number of hydrogen-bond acceptors (Lipinski definition) is 4. The number of aryl methyl sites for hydroxylation is 1. The van der Waals surface area contributed by atoms with E-state index in [1.165, 1.54) is 18.2 Å². The van der Waals surface area contributed by atoms with Crippen LogP contribution in [0.2, 0.25) is 5.02 Å². The zero-order valence-electron chi connectivity index (χ0n) is 8.34. The number of carboxylic acid groups (broad SMARTS) is 1. The molecule has 0 spiro atoms. The second kappa shape index (κ2) is 4.40. The molecule has 0 radical (unpaired) electrons. The quantitative estimate of drug-likeness (QED) is 0.840. The van der Waals surface area contributed by atoms with Crippen LogP contribution in [0, 0.1) is 6.92 Å². The van der Waals surface area contributed by atoms with Gasteiger partial charge in [-0.05, 0) is 30.7 Å². The average Bonchev–Trinajstić information content (AvgIpc) is 2.20. The van der Waals surface area contributed by atoms with Crippen LogP contribution >= 0.6 is 11.6 Å². The summed E-state index contributed by atoms with van der Waals surface area (Å²) in [6, 6.07) is 3.91. The number of aliphatic carboxylic acids is 1. The lowest BCUT2D eigenvalue weighted by atomic mass is 10.2. The van der Waals surface area contributed by atoms with Gasteiger partial charge >= 0.3 is 5.97 Å². The molecule has 0 heterocycles. The fourth-order valence-corrected chi connectivity index (χ4v) is 2.35. The van der Waals surface area contributed by atoms with Crippen LogP contribution in [0.3, 0.4) is 0 Å². The first-order valence-electron chi connectivity index (χ1n) is 4.25. The number of nitrogens with two attached hydrogens (primary N) is 1. The van der Waals surface area contributed by atoms with E-state index in [-0.39, 0.29) is 4.90 Å². The van der Waals surface area contributed by atoms with Gasteiger partial charge in [0.2, 0.25) is 15.2 Å². The van der Waals surface area contributed by atoms with Crippen molar-refractivity contribution in [2.75, 3.05) is 0 Å². The van der Waals surface area contributed by atoms with Gasteiger partial charge in [-0.2, -0.15) is 0 Å². The molecular weight excluding hydrogens is 254 g/mol.